The molecule has 1 aromatic carbocycles. The number of benzene rings is 1. The van der Waals surface area contributed by atoms with Crippen molar-refractivity contribution in [2.75, 3.05) is 13.7 Å². The highest BCUT2D eigenvalue weighted by atomic mass is 19.3. The van der Waals surface area contributed by atoms with Gasteiger partial charge in [-0.2, -0.15) is 8.78 Å². The number of methoxy groups -OCH3 is 1. The highest BCUT2D eigenvalue weighted by molar-refractivity contribution is 5.40. The van der Waals surface area contributed by atoms with Gasteiger partial charge in [0.2, 0.25) is 0 Å². The molecule has 0 unspecified atom stereocenters. The molecule has 0 saturated heterocycles. The third kappa shape index (κ3) is 2.01. The molecule has 2 N–H and O–H groups in total. The molecule has 0 spiro atoms. The molecule has 0 aliphatic carbocycles. The first-order chi connectivity index (χ1) is 6.51. The van der Waals surface area contributed by atoms with E-state index in [4.69, 9.17) is 10.5 Å². The maximum absolute atomic E-state index is 13.3. The van der Waals surface area contributed by atoms with Crippen molar-refractivity contribution in [3.8, 4) is 5.75 Å². The summed E-state index contributed by atoms with van der Waals surface area (Å²) in [6.07, 6.45) is 0. The van der Waals surface area contributed by atoms with Crippen LogP contribution in [0.25, 0.3) is 0 Å². The molecule has 4 heteroatoms. The van der Waals surface area contributed by atoms with Crippen LogP contribution in [0.5, 0.6) is 5.75 Å². The van der Waals surface area contributed by atoms with Gasteiger partial charge in [-0.3, -0.25) is 0 Å². The minimum atomic E-state index is -3.03. The molecule has 0 aliphatic rings. The molecular formula is C10H13F2NO. The maximum Gasteiger partial charge on any atom is 0.288 e. The van der Waals surface area contributed by atoms with Crippen LogP contribution < -0.4 is 10.5 Å². The highest BCUT2D eigenvalue weighted by Gasteiger charge is 2.32. The van der Waals surface area contributed by atoms with Gasteiger partial charge in [0, 0.05) is 0 Å². The van der Waals surface area contributed by atoms with Crippen LogP contribution in [0.2, 0.25) is 0 Å². The number of halogens is 2. The summed E-state index contributed by atoms with van der Waals surface area (Å²) in [5.74, 6) is -2.85. The lowest BCUT2D eigenvalue weighted by Gasteiger charge is -2.17. The second-order valence-corrected chi connectivity index (χ2v) is 3.11. The predicted molar refractivity (Wildman–Crippen MR) is 50.7 cm³/mol. The number of hydrogen-bond donors (Lipinski definition) is 1. The fourth-order valence-electron chi connectivity index (χ4n) is 1.21. The Morgan fingerprint density at radius 1 is 1.43 bits per heavy atom. The quantitative estimate of drug-likeness (QED) is 0.812. The predicted octanol–water partition coefficient (Wildman–Crippen LogP) is 2.05. The van der Waals surface area contributed by atoms with Gasteiger partial charge in [-0.25, -0.2) is 0 Å². The van der Waals surface area contributed by atoms with Gasteiger partial charge >= 0.3 is 0 Å². The number of aryl methyl sites for hydroxylation is 1. The lowest BCUT2D eigenvalue weighted by molar-refractivity contribution is 0.00369. The van der Waals surface area contributed by atoms with Gasteiger partial charge in [0.15, 0.2) is 0 Å². The maximum atomic E-state index is 13.3. The van der Waals surface area contributed by atoms with Crippen molar-refractivity contribution in [2.45, 2.75) is 12.8 Å². The standard InChI is InChI=1S/C10H13F2NO/c1-7-3-4-8(9(5-7)14-2)10(11,12)6-13/h3-5H,6,13H2,1-2H3. The molecule has 78 valence electrons. The van der Waals surface area contributed by atoms with E-state index in [0.717, 1.165) is 5.56 Å². The smallest absolute Gasteiger partial charge is 0.288 e. The highest BCUT2D eigenvalue weighted by Crippen LogP contribution is 2.34. The molecule has 0 saturated carbocycles. The Hall–Kier alpha value is -1.16. The van der Waals surface area contributed by atoms with E-state index in [1.54, 1.807) is 12.1 Å². The molecule has 0 radical (unpaired) electrons. The Morgan fingerprint density at radius 3 is 2.57 bits per heavy atom. The summed E-state index contributed by atoms with van der Waals surface area (Å²) in [5.41, 5.74) is 5.71. The van der Waals surface area contributed by atoms with Crippen LogP contribution in [-0.4, -0.2) is 13.7 Å². The van der Waals surface area contributed by atoms with Crippen molar-refractivity contribution in [1.29, 1.82) is 0 Å². The number of rotatable bonds is 3. The Bertz CT molecular complexity index is 326. The summed E-state index contributed by atoms with van der Waals surface area (Å²) in [6.45, 7) is 1.10. The third-order valence-corrected chi connectivity index (χ3v) is 2.01. The van der Waals surface area contributed by atoms with Crippen LogP contribution in [0.1, 0.15) is 11.1 Å². The minimum Gasteiger partial charge on any atom is -0.496 e. The molecule has 0 aromatic heterocycles. The first-order valence-corrected chi connectivity index (χ1v) is 4.24. The van der Waals surface area contributed by atoms with E-state index in [9.17, 15) is 8.78 Å². The minimum absolute atomic E-state index is 0.159. The van der Waals surface area contributed by atoms with Gasteiger partial charge in [-0.05, 0) is 24.6 Å². The van der Waals surface area contributed by atoms with Crippen LogP contribution >= 0.6 is 0 Å². The Kier molecular flexibility index (Phi) is 3.06. The first kappa shape index (κ1) is 10.9. The molecule has 0 amide bonds. The topological polar surface area (TPSA) is 35.2 Å². The molecule has 1 rings (SSSR count). The zero-order valence-electron chi connectivity index (χ0n) is 8.18. The molecule has 1 aromatic rings. The van der Waals surface area contributed by atoms with E-state index in [2.05, 4.69) is 0 Å². The Morgan fingerprint density at radius 2 is 2.07 bits per heavy atom. The molecule has 14 heavy (non-hydrogen) atoms. The van der Waals surface area contributed by atoms with Crippen molar-refractivity contribution in [3.63, 3.8) is 0 Å². The second-order valence-electron chi connectivity index (χ2n) is 3.11. The van der Waals surface area contributed by atoms with E-state index in [1.807, 2.05) is 6.92 Å². The third-order valence-electron chi connectivity index (χ3n) is 2.01. The molecule has 0 bridgehead atoms. The van der Waals surface area contributed by atoms with Gasteiger partial charge in [0.25, 0.3) is 5.92 Å². The SMILES string of the molecule is COc1cc(C)ccc1C(F)(F)CN. The van der Waals surface area contributed by atoms with E-state index in [-0.39, 0.29) is 11.3 Å². The van der Waals surface area contributed by atoms with E-state index < -0.39 is 12.5 Å². The van der Waals surface area contributed by atoms with E-state index in [1.165, 1.54) is 13.2 Å². The molecular weight excluding hydrogens is 188 g/mol. The van der Waals surface area contributed by atoms with Gasteiger partial charge in [0.05, 0.1) is 19.2 Å². The summed E-state index contributed by atoms with van der Waals surface area (Å²) in [5, 5.41) is 0. The van der Waals surface area contributed by atoms with Crippen molar-refractivity contribution >= 4 is 0 Å². The summed E-state index contributed by atoms with van der Waals surface area (Å²) < 4.78 is 31.4. The van der Waals surface area contributed by atoms with Crippen molar-refractivity contribution < 1.29 is 13.5 Å². The molecule has 0 heterocycles. The van der Waals surface area contributed by atoms with Gasteiger partial charge in [-0.15, -0.1) is 0 Å². The zero-order chi connectivity index (χ0) is 10.8. The average Bonchev–Trinajstić information content (AvgIpc) is 2.17. The van der Waals surface area contributed by atoms with Gasteiger partial charge in [0.1, 0.15) is 5.75 Å². The van der Waals surface area contributed by atoms with Gasteiger partial charge in [-0.1, -0.05) is 6.07 Å². The summed E-state index contributed by atoms with van der Waals surface area (Å²) in [4.78, 5) is 0. The van der Waals surface area contributed by atoms with Crippen molar-refractivity contribution in [2.24, 2.45) is 5.73 Å². The monoisotopic (exact) mass is 201 g/mol. The Balaban J connectivity index is 3.20. The average molecular weight is 201 g/mol. The fourth-order valence-corrected chi connectivity index (χ4v) is 1.21. The molecule has 0 fully saturated rings. The largest absolute Gasteiger partial charge is 0.496 e. The van der Waals surface area contributed by atoms with Crippen LogP contribution in [0.3, 0.4) is 0 Å². The zero-order valence-corrected chi connectivity index (χ0v) is 8.18. The van der Waals surface area contributed by atoms with Crippen LogP contribution in [-0.2, 0) is 5.92 Å². The van der Waals surface area contributed by atoms with Crippen molar-refractivity contribution in [3.05, 3.63) is 29.3 Å². The molecule has 0 atom stereocenters. The number of nitrogens with two attached hydrogens (primary N) is 1. The van der Waals surface area contributed by atoms with Crippen LogP contribution in [0.15, 0.2) is 18.2 Å². The van der Waals surface area contributed by atoms with Crippen molar-refractivity contribution in [1.82, 2.24) is 0 Å². The fraction of sp³-hybridized carbons (Fsp3) is 0.400. The van der Waals surface area contributed by atoms with Crippen LogP contribution in [0.4, 0.5) is 8.78 Å². The Labute approximate surface area is 81.7 Å². The summed E-state index contributed by atoms with van der Waals surface area (Å²) in [6, 6.07) is 4.53. The normalized spacial score (nSPS) is 11.5. The van der Waals surface area contributed by atoms with E-state index >= 15 is 0 Å². The lowest BCUT2D eigenvalue weighted by atomic mass is 10.1. The first-order valence-electron chi connectivity index (χ1n) is 4.24. The second kappa shape index (κ2) is 3.92. The number of hydrogen-bond acceptors (Lipinski definition) is 2. The molecule has 0 aliphatic heterocycles. The number of ether oxygens (including phenoxy) is 1. The summed E-state index contributed by atoms with van der Waals surface area (Å²) >= 11 is 0. The van der Waals surface area contributed by atoms with Crippen LogP contribution in [0, 0.1) is 6.92 Å². The lowest BCUT2D eigenvalue weighted by Crippen LogP contribution is -2.25. The van der Waals surface area contributed by atoms with E-state index in [0.29, 0.717) is 0 Å². The van der Waals surface area contributed by atoms with Gasteiger partial charge < -0.3 is 10.5 Å². The number of alkyl halides is 2. The summed E-state index contributed by atoms with van der Waals surface area (Å²) in [7, 11) is 1.37. The molecule has 2 nitrogen and oxygen atoms in total.